The van der Waals surface area contributed by atoms with Crippen LogP contribution in [-0.2, 0) is 0 Å². The van der Waals surface area contributed by atoms with Crippen molar-refractivity contribution in [2.75, 3.05) is 7.05 Å². The minimum absolute atomic E-state index is 0.146. The number of nitrogens with zero attached hydrogens (tertiary/aromatic N) is 1. The molecule has 0 heterocycles. The minimum Gasteiger partial charge on any atom is -0.326 e. The van der Waals surface area contributed by atoms with Gasteiger partial charge in [-0.25, -0.2) is 0 Å². The Morgan fingerprint density at radius 1 is 1.16 bits per heavy atom. The summed E-state index contributed by atoms with van der Waals surface area (Å²) in [5, 5.41) is 0. The Kier molecular flexibility index (Phi) is 5.43. The zero-order chi connectivity index (χ0) is 13.8. The molecule has 0 aliphatic heterocycles. The molecule has 1 fully saturated rings. The van der Waals surface area contributed by atoms with Crippen molar-refractivity contribution < 1.29 is 0 Å². The van der Waals surface area contributed by atoms with E-state index in [2.05, 4.69) is 59.1 Å². The first-order chi connectivity index (χ1) is 9.09. The molecule has 2 nitrogen and oxygen atoms in total. The lowest BCUT2D eigenvalue weighted by Crippen LogP contribution is -2.43. The van der Waals surface area contributed by atoms with E-state index in [0.29, 0.717) is 12.1 Å². The van der Waals surface area contributed by atoms with Crippen LogP contribution in [-0.4, -0.2) is 24.0 Å². The largest absolute Gasteiger partial charge is 0.326 e. The normalized spacial score (nSPS) is 20.5. The fraction of sp³-hybridized carbons (Fsp3) is 0.625. The first kappa shape index (κ1) is 15.0. The molecule has 0 bridgehead atoms. The molecule has 19 heavy (non-hydrogen) atoms. The Morgan fingerprint density at radius 2 is 1.74 bits per heavy atom. The van der Waals surface area contributed by atoms with Crippen LogP contribution in [0.1, 0.15) is 50.6 Å². The topological polar surface area (TPSA) is 29.3 Å². The average Bonchev–Trinajstić information content (AvgIpc) is 2.42. The smallest absolute Gasteiger partial charge is 0.0496 e. The van der Waals surface area contributed by atoms with E-state index in [0.717, 1.165) is 4.47 Å². The predicted octanol–water partition coefficient (Wildman–Crippen LogP) is 4.10. The molecule has 3 heteroatoms. The maximum Gasteiger partial charge on any atom is 0.0496 e. The van der Waals surface area contributed by atoms with Gasteiger partial charge in [0.05, 0.1) is 0 Å². The molecule has 0 spiro atoms. The van der Waals surface area contributed by atoms with Crippen molar-refractivity contribution in [3.63, 3.8) is 0 Å². The van der Waals surface area contributed by atoms with E-state index in [1.54, 1.807) is 0 Å². The molecule has 0 amide bonds. The standard InChI is InChI=1S/C16H25BrN2/c1-12(18)16(13-8-10-14(17)11-9-13)19(2)15-6-4-3-5-7-15/h8-12,15-16H,3-7,18H2,1-2H3. The predicted molar refractivity (Wildman–Crippen MR) is 85.2 cm³/mol. The second-order valence-electron chi connectivity index (χ2n) is 5.81. The number of rotatable bonds is 4. The monoisotopic (exact) mass is 324 g/mol. The first-order valence-corrected chi connectivity index (χ1v) is 8.12. The lowest BCUT2D eigenvalue weighted by atomic mass is 9.91. The van der Waals surface area contributed by atoms with Gasteiger partial charge in [-0.05, 0) is 44.5 Å². The van der Waals surface area contributed by atoms with Crippen LogP contribution < -0.4 is 5.73 Å². The Hall–Kier alpha value is -0.380. The number of hydrogen-bond donors (Lipinski definition) is 1. The molecule has 1 aromatic carbocycles. The van der Waals surface area contributed by atoms with Gasteiger partial charge in [0, 0.05) is 22.6 Å². The second-order valence-corrected chi connectivity index (χ2v) is 6.73. The zero-order valence-corrected chi connectivity index (χ0v) is 13.6. The van der Waals surface area contributed by atoms with Crippen molar-refractivity contribution >= 4 is 15.9 Å². The van der Waals surface area contributed by atoms with Gasteiger partial charge in [0.25, 0.3) is 0 Å². The summed E-state index contributed by atoms with van der Waals surface area (Å²) in [4.78, 5) is 2.51. The van der Waals surface area contributed by atoms with Crippen LogP contribution in [0.5, 0.6) is 0 Å². The van der Waals surface area contributed by atoms with Gasteiger partial charge in [0.1, 0.15) is 0 Å². The summed E-state index contributed by atoms with van der Waals surface area (Å²) in [6.07, 6.45) is 6.75. The first-order valence-electron chi connectivity index (χ1n) is 7.32. The summed E-state index contributed by atoms with van der Waals surface area (Å²) in [7, 11) is 2.24. The van der Waals surface area contributed by atoms with Gasteiger partial charge >= 0.3 is 0 Å². The molecule has 1 saturated carbocycles. The SMILES string of the molecule is CC(N)C(c1ccc(Br)cc1)N(C)C1CCCCC1. The molecule has 2 rings (SSSR count). The van der Waals surface area contributed by atoms with E-state index in [4.69, 9.17) is 5.73 Å². The lowest BCUT2D eigenvalue weighted by molar-refractivity contribution is 0.123. The minimum atomic E-state index is 0.146. The van der Waals surface area contributed by atoms with Crippen LogP contribution in [0.25, 0.3) is 0 Å². The molecular weight excluding hydrogens is 300 g/mol. The van der Waals surface area contributed by atoms with Crippen molar-refractivity contribution in [2.24, 2.45) is 5.73 Å². The summed E-state index contributed by atoms with van der Waals surface area (Å²) < 4.78 is 1.12. The van der Waals surface area contributed by atoms with Crippen molar-refractivity contribution in [1.82, 2.24) is 4.90 Å². The molecule has 106 valence electrons. The molecule has 2 N–H and O–H groups in total. The highest BCUT2D eigenvalue weighted by Gasteiger charge is 2.27. The molecule has 1 aliphatic rings. The van der Waals surface area contributed by atoms with Crippen LogP contribution in [0.15, 0.2) is 28.7 Å². The third-order valence-corrected chi connectivity index (χ3v) is 4.83. The molecule has 0 aromatic heterocycles. The van der Waals surface area contributed by atoms with Gasteiger partial charge < -0.3 is 5.73 Å². The molecule has 0 radical (unpaired) electrons. The van der Waals surface area contributed by atoms with Crippen molar-refractivity contribution in [3.8, 4) is 0 Å². The van der Waals surface area contributed by atoms with E-state index >= 15 is 0 Å². The van der Waals surface area contributed by atoms with Crippen molar-refractivity contribution in [1.29, 1.82) is 0 Å². The van der Waals surface area contributed by atoms with E-state index in [1.165, 1.54) is 37.7 Å². The highest BCUT2D eigenvalue weighted by molar-refractivity contribution is 9.10. The van der Waals surface area contributed by atoms with E-state index in [1.807, 2.05) is 0 Å². The molecule has 1 aliphatic carbocycles. The summed E-state index contributed by atoms with van der Waals surface area (Å²) in [6.45, 7) is 2.12. The maximum atomic E-state index is 6.26. The fourth-order valence-corrected chi connectivity index (χ4v) is 3.55. The molecule has 0 saturated heterocycles. The Bertz CT molecular complexity index is 382. The van der Waals surface area contributed by atoms with Crippen molar-refractivity contribution in [2.45, 2.75) is 57.2 Å². The Labute approximate surface area is 125 Å². The molecule has 1 aromatic rings. The van der Waals surface area contributed by atoms with E-state index in [-0.39, 0.29) is 6.04 Å². The highest BCUT2D eigenvalue weighted by atomic mass is 79.9. The second kappa shape index (κ2) is 6.87. The van der Waals surface area contributed by atoms with Gasteiger partial charge in [-0.15, -0.1) is 0 Å². The van der Waals surface area contributed by atoms with Gasteiger partial charge in [0.2, 0.25) is 0 Å². The Balaban J connectivity index is 2.16. The third-order valence-electron chi connectivity index (χ3n) is 4.30. The van der Waals surface area contributed by atoms with Crippen molar-refractivity contribution in [3.05, 3.63) is 34.3 Å². The van der Waals surface area contributed by atoms with Gasteiger partial charge in [-0.1, -0.05) is 47.3 Å². The van der Waals surface area contributed by atoms with Crippen LogP contribution in [0.4, 0.5) is 0 Å². The number of hydrogen-bond acceptors (Lipinski definition) is 2. The third kappa shape index (κ3) is 3.80. The fourth-order valence-electron chi connectivity index (χ4n) is 3.28. The van der Waals surface area contributed by atoms with Crippen LogP contribution >= 0.6 is 15.9 Å². The lowest BCUT2D eigenvalue weighted by Gasteiger charge is -2.39. The van der Waals surface area contributed by atoms with E-state index in [9.17, 15) is 0 Å². The van der Waals surface area contributed by atoms with Crippen LogP contribution in [0.3, 0.4) is 0 Å². The summed E-state index contributed by atoms with van der Waals surface area (Å²) in [6, 6.07) is 9.76. The summed E-state index contributed by atoms with van der Waals surface area (Å²) in [5.41, 5.74) is 7.59. The number of benzene rings is 1. The van der Waals surface area contributed by atoms with Gasteiger partial charge in [-0.3, -0.25) is 4.90 Å². The van der Waals surface area contributed by atoms with Gasteiger partial charge in [-0.2, -0.15) is 0 Å². The summed E-state index contributed by atoms with van der Waals surface area (Å²) in [5.74, 6) is 0. The number of likely N-dealkylation sites (N-methyl/N-ethyl adjacent to an activating group) is 1. The number of halogens is 1. The van der Waals surface area contributed by atoms with E-state index < -0.39 is 0 Å². The maximum absolute atomic E-state index is 6.26. The van der Waals surface area contributed by atoms with Crippen LogP contribution in [0.2, 0.25) is 0 Å². The molecule has 2 atom stereocenters. The highest BCUT2D eigenvalue weighted by Crippen LogP contribution is 2.31. The summed E-state index contributed by atoms with van der Waals surface area (Å²) >= 11 is 3.50. The molecule has 2 unspecified atom stereocenters. The van der Waals surface area contributed by atoms with Gasteiger partial charge in [0.15, 0.2) is 0 Å². The average molecular weight is 325 g/mol. The zero-order valence-electron chi connectivity index (χ0n) is 12.0. The van der Waals surface area contributed by atoms with Crippen LogP contribution in [0, 0.1) is 0 Å². The molecular formula is C16H25BrN2. The number of nitrogens with two attached hydrogens (primary N) is 1. The Morgan fingerprint density at radius 3 is 2.26 bits per heavy atom. The quantitative estimate of drug-likeness (QED) is 0.903.